The van der Waals surface area contributed by atoms with E-state index in [9.17, 15) is 4.79 Å². The van der Waals surface area contributed by atoms with Crippen LogP contribution in [0.5, 0.6) is 0 Å². The monoisotopic (exact) mass is 276 g/mol. The molecular formula is C14H20N4O2. The molecular weight excluding hydrogens is 256 g/mol. The van der Waals surface area contributed by atoms with E-state index in [4.69, 9.17) is 4.74 Å². The largest absolute Gasteiger partial charge is 0.465 e. The van der Waals surface area contributed by atoms with Gasteiger partial charge in [0.25, 0.3) is 0 Å². The Labute approximate surface area is 118 Å². The highest BCUT2D eigenvalue weighted by atomic mass is 16.5. The van der Waals surface area contributed by atoms with E-state index in [0.29, 0.717) is 30.4 Å². The summed E-state index contributed by atoms with van der Waals surface area (Å²) in [7, 11) is 0. The maximum Gasteiger partial charge on any atom is 0.316 e. The Morgan fingerprint density at radius 1 is 1.40 bits per heavy atom. The second-order valence-corrected chi connectivity index (χ2v) is 5.25. The maximum atomic E-state index is 12.2. The fourth-order valence-corrected chi connectivity index (χ4v) is 2.16. The van der Waals surface area contributed by atoms with Gasteiger partial charge in [0.15, 0.2) is 11.5 Å². The van der Waals surface area contributed by atoms with Crippen LogP contribution in [0.1, 0.15) is 44.6 Å². The van der Waals surface area contributed by atoms with E-state index in [0.717, 1.165) is 5.69 Å². The van der Waals surface area contributed by atoms with Gasteiger partial charge in [0.05, 0.1) is 6.61 Å². The topological polar surface area (TPSA) is 69.4 Å². The van der Waals surface area contributed by atoms with Gasteiger partial charge in [-0.25, -0.2) is 4.98 Å². The van der Waals surface area contributed by atoms with Gasteiger partial charge in [-0.2, -0.15) is 0 Å². The van der Waals surface area contributed by atoms with Crippen LogP contribution in [-0.4, -0.2) is 32.2 Å². The van der Waals surface area contributed by atoms with Crippen LogP contribution < -0.4 is 0 Å². The normalized spacial score (nSPS) is 12.8. The number of hydrogen-bond acceptors (Lipinski definition) is 5. The molecule has 0 aliphatic rings. The van der Waals surface area contributed by atoms with Gasteiger partial charge in [-0.1, -0.05) is 13.8 Å². The number of hydrogen-bond donors (Lipinski definition) is 0. The first-order valence-corrected chi connectivity index (χ1v) is 6.86. The number of fused-ring (bicyclic) bond motifs is 1. The molecule has 0 bridgehead atoms. The van der Waals surface area contributed by atoms with Gasteiger partial charge < -0.3 is 4.74 Å². The lowest BCUT2D eigenvalue weighted by atomic mass is 9.96. The molecule has 1 unspecified atom stereocenters. The molecule has 0 aromatic carbocycles. The highest BCUT2D eigenvalue weighted by Gasteiger charge is 2.28. The molecule has 2 aromatic rings. The first kappa shape index (κ1) is 14.4. The predicted molar refractivity (Wildman–Crippen MR) is 74.3 cm³/mol. The van der Waals surface area contributed by atoms with Crippen molar-refractivity contribution in [1.82, 2.24) is 19.6 Å². The molecule has 0 saturated carbocycles. The van der Waals surface area contributed by atoms with E-state index < -0.39 is 5.92 Å². The lowest BCUT2D eigenvalue weighted by Gasteiger charge is -2.15. The minimum atomic E-state index is -0.408. The van der Waals surface area contributed by atoms with Crippen molar-refractivity contribution in [3.63, 3.8) is 0 Å². The number of nitrogens with zero attached hydrogens (tertiary/aromatic N) is 4. The molecule has 2 aromatic heterocycles. The van der Waals surface area contributed by atoms with Gasteiger partial charge >= 0.3 is 5.97 Å². The van der Waals surface area contributed by atoms with Gasteiger partial charge in [-0.3, -0.25) is 9.20 Å². The number of esters is 1. The smallest absolute Gasteiger partial charge is 0.316 e. The van der Waals surface area contributed by atoms with Crippen molar-refractivity contribution in [3.8, 4) is 0 Å². The van der Waals surface area contributed by atoms with Crippen LogP contribution in [0, 0.1) is 12.8 Å². The molecule has 0 radical (unpaired) electrons. The van der Waals surface area contributed by atoms with Crippen molar-refractivity contribution in [2.24, 2.45) is 5.92 Å². The second kappa shape index (κ2) is 5.98. The van der Waals surface area contributed by atoms with Crippen molar-refractivity contribution in [1.29, 1.82) is 0 Å². The van der Waals surface area contributed by atoms with Crippen LogP contribution in [-0.2, 0) is 9.53 Å². The summed E-state index contributed by atoms with van der Waals surface area (Å²) in [5.41, 5.74) is 1.57. The summed E-state index contributed by atoms with van der Waals surface area (Å²) >= 11 is 0. The molecule has 0 aliphatic carbocycles. The molecule has 0 aliphatic heterocycles. The average Bonchev–Trinajstić information content (AvgIpc) is 2.78. The fraction of sp³-hybridized carbons (Fsp3) is 0.571. The number of carbonyl (C=O) groups excluding carboxylic acids is 1. The summed E-state index contributed by atoms with van der Waals surface area (Å²) in [6.45, 7) is 8.19. The van der Waals surface area contributed by atoms with E-state index >= 15 is 0 Å². The molecule has 6 nitrogen and oxygen atoms in total. The van der Waals surface area contributed by atoms with Crippen molar-refractivity contribution < 1.29 is 9.53 Å². The van der Waals surface area contributed by atoms with Crippen molar-refractivity contribution in [2.45, 2.75) is 40.0 Å². The molecule has 108 valence electrons. The molecule has 0 spiro atoms. The predicted octanol–water partition coefficient (Wildman–Crippen LogP) is 2.13. The molecule has 2 heterocycles. The standard InChI is InChI=1S/C14H20N4O2/c1-5-20-14(19)11(6-9(2)3)13-17-16-12-7-10(4)15-8-18(12)13/h7-9,11H,5-6H2,1-4H3. The Kier molecular flexibility index (Phi) is 4.32. The fourth-order valence-electron chi connectivity index (χ4n) is 2.16. The third kappa shape index (κ3) is 2.95. The quantitative estimate of drug-likeness (QED) is 0.782. The molecule has 20 heavy (non-hydrogen) atoms. The zero-order valence-corrected chi connectivity index (χ0v) is 12.3. The molecule has 1 atom stereocenters. The SMILES string of the molecule is CCOC(=O)C(CC(C)C)c1nnc2cc(C)ncn12. The molecule has 2 rings (SSSR count). The van der Waals surface area contributed by atoms with Crippen molar-refractivity contribution in [2.75, 3.05) is 6.61 Å². The molecule has 0 fully saturated rings. The van der Waals surface area contributed by atoms with Crippen LogP contribution in [0.15, 0.2) is 12.4 Å². The third-order valence-corrected chi connectivity index (χ3v) is 3.05. The van der Waals surface area contributed by atoms with Crippen LogP contribution >= 0.6 is 0 Å². The van der Waals surface area contributed by atoms with E-state index in [2.05, 4.69) is 29.0 Å². The first-order chi connectivity index (χ1) is 9.52. The van der Waals surface area contributed by atoms with Crippen molar-refractivity contribution in [3.05, 3.63) is 23.9 Å². The van der Waals surface area contributed by atoms with Gasteiger partial charge in [0, 0.05) is 11.8 Å². The number of aromatic nitrogens is 4. The summed E-state index contributed by atoms with van der Waals surface area (Å²) in [6, 6.07) is 1.84. The average molecular weight is 276 g/mol. The van der Waals surface area contributed by atoms with E-state index in [1.807, 2.05) is 13.0 Å². The van der Waals surface area contributed by atoms with Crippen LogP contribution in [0.4, 0.5) is 0 Å². The van der Waals surface area contributed by atoms with Gasteiger partial charge in [-0.15, -0.1) is 10.2 Å². The van der Waals surface area contributed by atoms with Crippen LogP contribution in [0.2, 0.25) is 0 Å². The third-order valence-electron chi connectivity index (χ3n) is 3.05. The summed E-state index contributed by atoms with van der Waals surface area (Å²) in [4.78, 5) is 16.4. The minimum Gasteiger partial charge on any atom is -0.465 e. The van der Waals surface area contributed by atoms with Gasteiger partial charge in [0.1, 0.15) is 12.2 Å². The Balaban J connectivity index is 2.42. The summed E-state index contributed by atoms with van der Waals surface area (Å²) in [6.07, 6.45) is 2.33. The number of aryl methyl sites for hydroxylation is 1. The van der Waals surface area contributed by atoms with Crippen LogP contribution in [0.3, 0.4) is 0 Å². The highest BCUT2D eigenvalue weighted by molar-refractivity contribution is 5.77. The zero-order chi connectivity index (χ0) is 14.7. The summed E-state index contributed by atoms with van der Waals surface area (Å²) in [5.74, 6) is 0.292. The van der Waals surface area contributed by atoms with Gasteiger partial charge in [0.2, 0.25) is 0 Å². The zero-order valence-electron chi connectivity index (χ0n) is 12.3. The molecule has 0 N–H and O–H groups in total. The Hall–Kier alpha value is -1.98. The maximum absolute atomic E-state index is 12.2. The minimum absolute atomic E-state index is 0.254. The highest BCUT2D eigenvalue weighted by Crippen LogP contribution is 2.24. The number of carbonyl (C=O) groups is 1. The van der Waals surface area contributed by atoms with E-state index in [1.165, 1.54) is 0 Å². The summed E-state index contributed by atoms with van der Waals surface area (Å²) < 4.78 is 6.92. The van der Waals surface area contributed by atoms with E-state index in [1.54, 1.807) is 17.7 Å². The Bertz CT molecular complexity index is 606. The van der Waals surface area contributed by atoms with Gasteiger partial charge in [-0.05, 0) is 26.2 Å². The lowest BCUT2D eigenvalue weighted by molar-refractivity contribution is -0.145. The number of ether oxygens (including phenoxy) is 1. The second-order valence-electron chi connectivity index (χ2n) is 5.25. The Morgan fingerprint density at radius 3 is 2.80 bits per heavy atom. The lowest BCUT2D eigenvalue weighted by Crippen LogP contribution is -2.20. The molecule has 6 heteroatoms. The molecule has 0 saturated heterocycles. The van der Waals surface area contributed by atoms with Crippen LogP contribution in [0.25, 0.3) is 5.65 Å². The Morgan fingerprint density at radius 2 is 2.15 bits per heavy atom. The molecule has 0 amide bonds. The number of rotatable bonds is 5. The summed E-state index contributed by atoms with van der Waals surface area (Å²) in [5, 5.41) is 8.28. The van der Waals surface area contributed by atoms with Crippen molar-refractivity contribution >= 4 is 11.6 Å². The van der Waals surface area contributed by atoms with E-state index in [-0.39, 0.29) is 5.97 Å². The first-order valence-electron chi connectivity index (χ1n) is 6.86.